The van der Waals surface area contributed by atoms with Crippen LogP contribution in [0.2, 0.25) is 0 Å². The van der Waals surface area contributed by atoms with Crippen LogP contribution in [0.25, 0.3) is 0 Å². The van der Waals surface area contributed by atoms with Gasteiger partial charge in [-0.25, -0.2) is 4.98 Å². The third-order valence-corrected chi connectivity index (χ3v) is 3.55. The molecule has 2 aromatic rings. The first-order chi connectivity index (χ1) is 8.70. The first-order valence-corrected chi connectivity index (χ1v) is 6.20. The van der Waals surface area contributed by atoms with Crippen LogP contribution in [0.4, 0.5) is 0 Å². The number of nitrogens with zero attached hydrogens (tertiary/aromatic N) is 4. The van der Waals surface area contributed by atoms with E-state index in [9.17, 15) is 4.79 Å². The summed E-state index contributed by atoms with van der Waals surface area (Å²) in [5.74, 6) is 0. The Morgan fingerprint density at radius 3 is 2.83 bits per heavy atom. The topological polar surface area (TPSA) is 52.7 Å². The standard InChI is InChI=1S/C13H16N4O/c1-9-13(7-18)10(2)17(15-9)6-12-5-14-8-16(12)11-3-4-11/h5,7-8,11H,3-4,6H2,1-2H3. The van der Waals surface area contributed by atoms with Crippen LogP contribution in [0.3, 0.4) is 0 Å². The number of rotatable bonds is 4. The van der Waals surface area contributed by atoms with Crippen molar-refractivity contribution in [2.75, 3.05) is 0 Å². The minimum Gasteiger partial charge on any atom is -0.330 e. The molecule has 1 saturated carbocycles. The van der Waals surface area contributed by atoms with Crippen molar-refractivity contribution in [2.24, 2.45) is 0 Å². The van der Waals surface area contributed by atoms with E-state index in [1.165, 1.54) is 12.8 Å². The molecular weight excluding hydrogens is 228 g/mol. The van der Waals surface area contributed by atoms with E-state index < -0.39 is 0 Å². The van der Waals surface area contributed by atoms with Crippen LogP contribution in [0.15, 0.2) is 12.5 Å². The summed E-state index contributed by atoms with van der Waals surface area (Å²) in [6.07, 6.45) is 7.13. The molecule has 5 nitrogen and oxygen atoms in total. The molecule has 3 rings (SSSR count). The normalized spacial score (nSPS) is 15.0. The molecule has 94 valence electrons. The molecular formula is C13H16N4O. The van der Waals surface area contributed by atoms with Gasteiger partial charge in [0.1, 0.15) is 0 Å². The van der Waals surface area contributed by atoms with Crippen LogP contribution < -0.4 is 0 Å². The Bertz CT molecular complexity index is 592. The van der Waals surface area contributed by atoms with Gasteiger partial charge in [-0.3, -0.25) is 9.48 Å². The lowest BCUT2D eigenvalue weighted by molar-refractivity contribution is 0.112. The molecule has 1 aliphatic rings. The van der Waals surface area contributed by atoms with E-state index in [2.05, 4.69) is 14.6 Å². The molecule has 0 saturated heterocycles. The number of hydrogen-bond donors (Lipinski definition) is 0. The van der Waals surface area contributed by atoms with Gasteiger partial charge in [-0.2, -0.15) is 5.10 Å². The number of aryl methyl sites for hydroxylation is 1. The fourth-order valence-electron chi connectivity index (χ4n) is 2.32. The van der Waals surface area contributed by atoms with Gasteiger partial charge in [0.05, 0.1) is 36.0 Å². The third kappa shape index (κ3) is 1.75. The van der Waals surface area contributed by atoms with E-state index >= 15 is 0 Å². The molecule has 0 bridgehead atoms. The molecule has 0 amide bonds. The van der Waals surface area contributed by atoms with Gasteiger partial charge in [0.2, 0.25) is 0 Å². The summed E-state index contributed by atoms with van der Waals surface area (Å²) in [6, 6.07) is 0.616. The second-order valence-corrected chi connectivity index (χ2v) is 4.88. The average Bonchev–Trinajstić information content (AvgIpc) is 3.03. The first kappa shape index (κ1) is 11.2. The van der Waals surface area contributed by atoms with Crippen molar-refractivity contribution in [3.8, 4) is 0 Å². The second-order valence-electron chi connectivity index (χ2n) is 4.88. The lowest BCUT2D eigenvalue weighted by Crippen LogP contribution is -2.09. The molecule has 5 heteroatoms. The number of carbonyl (C=O) groups excluding carboxylic acids is 1. The van der Waals surface area contributed by atoms with E-state index in [0.717, 1.165) is 23.4 Å². The molecule has 2 aromatic heterocycles. The van der Waals surface area contributed by atoms with Crippen molar-refractivity contribution < 1.29 is 4.79 Å². The Labute approximate surface area is 105 Å². The maximum absolute atomic E-state index is 11.0. The Hall–Kier alpha value is -1.91. The van der Waals surface area contributed by atoms with Crippen LogP contribution in [-0.2, 0) is 6.54 Å². The molecule has 0 spiro atoms. The van der Waals surface area contributed by atoms with Crippen molar-refractivity contribution in [3.05, 3.63) is 35.2 Å². The van der Waals surface area contributed by atoms with Crippen molar-refractivity contribution in [1.82, 2.24) is 19.3 Å². The maximum Gasteiger partial charge on any atom is 0.153 e. The highest BCUT2D eigenvalue weighted by Crippen LogP contribution is 2.35. The van der Waals surface area contributed by atoms with Gasteiger partial charge >= 0.3 is 0 Å². The van der Waals surface area contributed by atoms with Gasteiger partial charge < -0.3 is 4.57 Å². The molecule has 0 N–H and O–H groups in total. The number of hydrogen-bond acceptors (Lipinski definition) is 3. The van der Waals surface area contributed by atoms with Gasteiger partial charge in [0.15, 0.2) is 6.29 Å². The molecule has 0 unspecified atom stereocenters. The summed E-state index contributed by atoms with van der Waals surface area (Å²) >= 11 is 0. The predicted octanol–water partition coefficient (Wildman–Crippen LogP) is 1.89. The minimum atomic E-state index is 0.616. The zero-order chi connectivity index (χ0) is 12.7. The Morgan fingerprint density at radius 2 is 2.22 bits per heavy atom. The molecule has 0 radical (unpaired) electrons. The van der Waals surface area contributed by atoms with E-state index in [1.54, 1.807) is 0 Å². The second kappa shape index (κ2) is 4.08. The van der Waals surface area contributed by atoms with Crippen LogP contribution in [0.5, 0.6) is 0 Å². The van der Waals surface area contributed by atoms with Crippen molar-refractivity contribution in [2.45, 2.75) is 39.3 Å². The monoisotopic (exact) mass is 244 g/mol. The quantitative estimate of drug-likeness (QED) is 0.772. The van der Waals surface area contributed by atoms with E-state index in [4.69, 9.17) is 0 Å². The highest BCUT2D eigenvalue weighted by atomic mass is 16.1. The van der Waals surface area contributed by atoms with E-state index in [0.29, 0.717) is 18.2 Å². The van der Waals surface area contributed by atoms with Gasteiger partial charge in [0.25, 0.3) is 0 Å². The zero-order valence-electron chi connectivity index (χ0n) is 10.6. The lowest BCUT2D eigenvalue weighted by atomic mass is 10.2. The van der Waals surface area contributed by atoms with Gasteiger partial charge in [0, 0.05) is 11.7 Å². The molecule has 0 aromatic carbocycles. The van der Waals surface area contributed by atoms with Crippen molar-refractivity contribution >= 4 is 6.29 Å². The fourth-order valence-corrected chi connectivity index (χ4v) is 2.32. The van der Waals surface area contributed by atoms with Crippen molar-refractivity contribution in [3.63, 3.8) is 0 Å². The summed E-state index contributed by atoms with van der Waals surface area (Å²) in [6.45, 7) is 4.48. The molecule has 2 heterocycles. The highest BCUT2D eigenvalue weighted by Gasteiger charge is 2.25. The van der Waals surface area contributed by atoms with E-state index in [-0.39, 0.29) is 0 Å². The lowest BCUT2D eigenvalue weighted by Gasteiger charge is -2.08. The summed E-state index contributed by atoms with van der Waals surface area (Å²) in [7, 11) is 0. The molecule has 0 atom stereocenters. The zero-order valence-corrected chi connectivity index (χ0v) is 10.6. The number of aldehydes is 1. The average molecular weight is 244 g/mol. The Morgan fingerprint density at radius 1 is 1.44 bits per heavy atom. The smallest absolute Gasteiger partial charge is 0.153 e. The SMILES string of the molecule is Cc1nn(Cc2cncn2C2CC2)c(C)c1C=O. The van der Waals surface area contributed by atoms with Crippen LogP contribution in [0.1, 0.15) is 46.3 Å². The predicted molar refractivity (Wildman–Crippen MR) is 66.7 cm³/mol. The number of aromatic nitrogens is 4. The maximum atomic E-state index is 11.0. The summed E-state index contributed by atoms with van der Waals surface area (Å²) < 4.78 is 4.10. The molecule has 0 aliphatic heterocycles. The fraction of sp³-hybridized carbons (Fsp3) is 0.462. The van der Waals surface area contributed by atoms with E-state index in [1.807, 2.05) is 31.1 Å². The largest absolute Gasteiger partial charge is 0.330 e. The number of carbonyl (C=O) groups is 1. The minimum absolute atomic E-state index is 0.616. The van der Waals surface area contributed by atoms with Gasteiger partial charge in [-0.05, 0) is 26.7 Å². The third-order valence-electron chi connectivity index (χ3n) is 3.55. The summed E-state index contributed by atoms with van der Waals surface area (Å²) in [5.41, 5.74) is 3.57. The van der Waals surface area contributed by atoms with Crippen LogP contribution >= 0.6 is 0 Å². The highest BCUT2D eigenvalue weighted by molar-refractivity contribution is 5.78. The molecule has 18 heavy (non-hydrogen) atoms. The summed E-state index contributed by atoms with van der Waals surface area (Å²) in [4.78, 5) is 15.2. The molecule has 1 fully saturated rings. The van der Waals surface area contributed by atoms with Crippen LogP contribution in [0, 0.1) is 13.8 Å². The van der Waals surface area contributed by atoms with Gasteiger partial charge in [-0.15, -0.1) is 0 Å². The Kier molecular flexibility index (Phi) is 2.54. The first-order valence-electron chi connectivity index (χ1n) is 6.20. The number of imidazole rings is 1. The van der Waals surface area contributed by atoms with Gasteiger partial charge in [-0.1, -0.05) is 0 Å². The summed E-state index contributed by atoms with van der Waals surface area (Å²) in [5, 5.41) is 4.42. The molecule has 1 aliphatic carbocycles. The van der Waals surface area contributed by atoms with Crippen molar-refractivity contribution in [1.29, 1.82) is 0 Å². The Balaban J connectivity index is 1.92. The van der Waals surface area contributed by atoms with Crippen LogP contribution in [-0.4, -0.2) is 25.6 Å².